The maximum absolute atomic E-state index is 12.7. The van der Waals surface area contributed by atoms with Crippen molar-refractivity contribution >= 4 is 22.6 Å². The summed E-state index contributed by atoms with van der Waals surface area (Å²) in [4.78, 5) is 17.1. The number of hydrogen-bond donors (Lipinski definition) is 1. The minimum absolute atomic E-state index is 0.149. The number of hydrogen-bond acceptors (Lipinski definition) is 3. The van der Waals surface area contributed by atoms with Crippen LogP contribution in [0.4, 0.5) is 5.82 Å². The molecule has 22 heavy (non-hydrogen) atoms. The normalized spacial score (nSPS) is 11.1. The Morgan fingerprint density at radius 3 is 2.77 bits per heavy atom. The lowest BCUT2D eigenvalue weighted by atomic mass is 10.1. The number of nitrogens with zero attached hydrogens (tertiary/aromatic N) is 3. The van der Waals surface area contributed by atoms with Crippen LogP contribution in [0.25, 0.3) is 10.9 Å². The van der Waals surface area contributed by atoms with Gasteiger partial charge in [-0.1, -0.05) is 18.2 Å². The van der Waals surface area contributed by atoms with Crippen LogP contribution in [0.15, 0.2) is 42.6 Å². The maximum atomic E-state index is 12.7. The van der Waals surface area contributed by atoms with E-state index in [0.717, 1.165) is 16.6 Å². The standard InChI is InChI=1S/C17H18N4O/c1-11(2)21-16(8-9-18-21)20-17(22)14-10-12(3)19-15-7-5-4-6-13(14)15/h4-11H,1-3H3,(H,20,22). The number of pyridine rings is 1. The van der Waals surface area contributed by atoms with Crippen LogP contribution in [0.3, 0.4) is 0 Å². The second-order valence-electron chi connectivity index (χ2n) is 5.54. The van der Waals surface area contributed by atoms with Crippen molar-refractivity contribution in [2.24, 2.45) is 0 Å². The van der Waals surface area contributed by atoms with Crippen molar-refractivity contribution in [3.63, 3.8) is 0 Å². The van der Waals surface area contributed by atoms with Crippen molar-refractivity contribution in [1.82, 2.24) is 14.8 Å². The summed E-state index contributed by atoms with van der Waals surface area (Å²) in [5.74, 6) is 0.544. The summed E-state index contributed by atoms with van der Waals surface area (Å²) in [5, 5.41) is 8.02. The molecule has 1 amide bonds. The van der Waals surface area contributed by atoms with E-state index in [1.54, 1.807) is 16.9 Å². The van der Waals surface area contributed by atoms with Crippen LogP contribution >= 0.6 is 0 Å². The molecule has 5 heteroatoms. The van der Waals surface area contributed by atoms with Crippen LogP contribution in [-0.2, 0) is 0 Å². The molecule has 112 valence electrons. The van der Waals surface area contributed by atoms with Crippen molar-refractivity contribution in [2.45, 2.75) is 26.8 Å². The number of para-hydroxylation sites is 1. The fraction of sp³-hybridized carbons (Fsp3) is 0.235. The molecule has 0 saturated heterocycles. The number of rotatable bonds is 3. The number of carbonyl (C=O) groups is 1. The molecule has 2 heterocycles. The minimum Gasteiger partial charge on any atom is -0.307 e. The van der Waals surface area contributed by atoms with Gasteiger partial charge in [-0.3, -0.25) is 9.78 Å². The largest absolute Gasteiger partial charge is 0.307 e. The molecule has 2 aromatic heterocycles. The Kier molecular flexibility index (Phi) is 3.63. The maximum Gasteiger partial charge on any atom is 0.257 e. The summed E-state index contributed by atoms with van der Waals surface area (Å²) >= 11 is 0. The van der Waals surface area contributed by atoms with Crippen molar-refractivity contribution in [3.8, 4) is 0 Å². The first-order valence-electron chi connectivity index (χ1n) is 7.27. The molecule has 0 aliphatic carbocycles. The first kappa shape index (κ1) is 14.3. The molecule has 0 spiro atoms. The van der Waals surface area contributed by atoms with Crippen molar-refractivity contribution in [2.75, 3.05) is 5.32 Å². The predicted molar refractivity (Wildman–Crippen MR) is 87.0 cm³/mol. The smallest absolute Gasteiger partial charge is 0.257 e. The summed E-state index contributed by atoms with van der Waals surface area (Å²) in [7, 11) is 0. The number of aryl methyl sites for hydroxylation is 1. The number of carbonyl (C=O) groups excluding carboxylic acids is 1. The van der Waals surface area contributed by atoms with Crippen LogP contribution in [0, 0.1) is 6.92 Å². The Bertz CT molecular complexity index is 836. The van der Waals surface area contributed by atoms with E-state index in [-0.39, 0.29) is 11.9 Å². The highest BCUT2D eigenvalue weighted by Gasteiger charge is 2.14. The molecule has 3 aromatic rings. The zero-order valence-electron chi connectivity index (χ0n) is 12.9. The van der Waals surface area contributed by atoms with E-state index in [1.165, 1.54) is 0 Å². The molecule has 0 bridgehead atoms. The fourth-order valence-electron chi connectivity index (χ4n) is 2.50. The van der Waals surface area contributed by atoms with Gasteiger partial charge in [-0.2, -0.15) is 5.10 Å². The minimum atomic E-state index is -0.149. The summed E-state index contributed by atoms with van der Waals surface area (Å²) < 4.78 is 1.79. The molecule has 0 unspecified atom stereocenters. The number of fused-ring (bicyclic) bond motifs is 1. The molecule has 1 aromatic carbocycles. The Morgan fingerprint density at radius 1 is 1.23 bits per heavy atom. The van der Waals surface area contributed by atoms with E-state index in [1.807, 2.05) is 51.1 Å². The lowest BCUT2D eigenvalue weighted by Crippen LogP contribution is -2.17. The predicted octanol–water partition coefficient (Wildman–Crippen LogP) is 3.57. The Balaban J connectivity index is 2.01. The molecule has 0 aliphatic heterocycles. The number of nitrogens with one attached hydrogen (secondary N) is 1. The first-order valence-corrected chi connectivity index (χ1v) is 7.27. The van der Waals surface area contributed by atoms with E-state index in [4.69, 9.17) is 0 Å². The van der Waals surface area contributed by atoms with Gasteiger partial charge < -0.3 is 5.32 Å². The Labute approximate surface area is 129 Å². The van der Waals surface area contributed by atoms with E-state index in [9.17, 15) is 4.79 Å². The zero-order valence-corrected chi connectivity index (χ0v) is 12.9. The van der Waals surface area contributed by atoms with Gasteiger partial charge in [-0.05, 0) is 32.9 Å². The van der Waals surface area contributed by atoms with Crippen LogP contribution in [-0.4, -0.2) is 20.7 Å². The lowest BCUT2D eigenvalue weighted by Gasteiger charge is -2.13. The van der Waals surface area contributed by atoms with Gasteiger partial charge in [0.15, 0.2) is 0 Å². The van der Waals surface area contributed by atoms with Gasteiger partial charge in [0.05, 0.1) is 17.3 Å². The summed E-state index contributed by atoms with van der Waals surface area (Å²) in [6.45, 7) is 5.94. The number of benzene rings is 1. The number of aromatic nitrogens is 3. The highest BCUT2D eigenvalue weighted by atomic mass is 16.1. The van der Waals surface area contributed by atoms with Gasteiger partial charge >= 0.3 is 0 Å². The molecule has 5 nitrogen and oxygen atoms in total. The topological polar surface area (TPSA) is 59.8 Å². The average Bonchev–Trinajstić information content (AvgIpc) is 2.94. The highest BCUT2D eigenvalue weighted by Crippen LogP contribution is 2.20. The first-order chi connectivity index (χ1) is 10.6. The van der Waals surface area contributed by atoms with Crippen molar-refractivity contribution in [3.05, 3.63) is 53.9 Å². The van der Waals surface area contributed by atoms with Crippen LogP contribution in [0.5, 0.6) is 0 Å². The Morgan fingerprint density at radius 2 is 2.00 bits per heavy atom. The highest BCUT2D eigenvalue weighted by molar-refractivity contribution is 6.12. The van der Waals surface area contributed by atoms with E-state index in [0.29, 0.717) is 11.4 Å². The zero-order chi connectivity index (χ0) is 15.7. The molecule has 0 atom stereocenters. The van der Waals surface area contributed by atoms with Gasteiger partial charge in [0.25, 0.3) is 5.91 Å². The van der Waals surface area contributed by atoms with E-state index in [2.05, 4.69) is 15.4 Å². The van der Waals surface area contributed by atoms with Crippen molar-refractivity contribution in [1.29, 1.82) is 0 Å². The second kappa shape index (κ2) is 5.60. The lowest BCUT2D eigenvalue weighted by molar-refractivity contribution is 0.102. The summed E-state index contributed by atoms with van der Waals surface area (Å²) in [6.07, 6.45) is 1.69. The number of amides is 1. The third-order valence-electron chi connectivity index (χ3n) is 3.49. The molecule has 0 saturated carbocycles. The summed E-state index contributed by atoms with van der Waals surface area (Å²) in [6, 6.07) is 11.5. The average molecular weight is 294 g/mol. The fourth-order valence-corrected chi connectivity index (χ4v) is 2.50. The third-order valence-corrected chi connectivity index (χ3v) is 3.49. The quantitative estimate of drug-likeness (QED) is 0.803. The molecule has 3 rings (SSSR count). The molecular weight excluding hydrogens is 276 g/mol. The Hall–Kier alpha value is -2.69. The van der Waals surface area contributed by atoms with E-state index < -0.39 is 0 Å². The van der Waals surface area contributed by atoms with Gasteiger partial charge in [0.2, 0.25) is 0 Å². The van der Waals surface area contributed by atoms with Gasteiger partial charge in [-0.25, -0.2) is 4.68 Å². The van der Waals surface area contributed by atoms with Crippen LogP contribution < -0.4 is 5.32 Å². The molecule has 1 N–H and O–H groups in total. The SMILES string of the molecule is Cc1cc(C(=O)Nc2ccnn2C(C)C)c2ccccc2n1. The summed E-state index contributed by atoms with van der Waals surface area (Å²) in [5.41, 5.74) is 2.27. The monoisotopic (exact) mass is 294 g/mol. The van der Waals surface area contributed by atoms with Gasteiger partial charge in [0.1, 0.15) is 5.82 Å². The second-order valence-corrected chi connectivity index (χ2v) is 5.54. The van der Waals surface area contributed by atoms with Gasteiger partial charge in [-0.15, -0.1) is 0 Å². The molecular formula is C17H18N4O. The van der Waals surface area contributed by atoms with Crippen LogP contribution in [0.1, 0.15) is 35.9 Å². The van der Waals surface area contributed by atoms with E-state index >= 15 is 0 Å². The number of anilines is 1. The molecule has 0 aliphatic rings. The molecule has 0 fully saturated rings. The van der Waals surface area contributed by atoms with Gasteiger partial charge in [0, 0.05) is 23.2 Å². The molecule has 0 radical (unpaired) electrons. The van der Waals surface area contributed by atoms with Crippen molar-refractivity contribution < 1.29 is 4.79 Å². The third kappa shape index (κ3) is 2.57. The van der Waals surface area contributed by atoms with Crippen LogP contribution in [0.2, 0.25) is 0 Å².